The van der Waals surface area contributed by atoms with E-state index >= 15 is 0 Å². The van der Waals surface area contributed by atoms with Crippen molar-refractivity contribution in [1.82, 2.24) is 0 Å². The molecule has 3 rings (SSSR count). The Labute approximate surface area is 132 Å². The maximum absolute atomic E-state index is 6.14. The molecule has 22 heavy (non-hydrogen) atoms. The fourth-order valence-corrected chi connectivity index (χ4v) is 3.05. The van der Waals surface area contributed by atoms with E-state index in [1.165, 1.54) is 21.9 Å². The van der Waals surface area contributed by atoms with Crippen LogP contribution in [-0.2, 0) is 12.8 Å². The largest absolute Gasteiger partial charge is 0.493 e. The zero-order chi connectivity index (χ0) is 15.4. The van der Waals surface area contributed by atoms with E-state index in [-0.39, 0.29) is 0 Å². The number of benzene rings is 2. The smallest absolute Gasteiger partial charge is 0.131 e. The Balaban J connectivity index is 2.21. The molecule has 0 fully saturated rings. The third kappa shape index (κ3) is 2.70. The Morgan fingerprint density at radius 3 is 1.64 bits per heavy atom. The van der Waals surface area contributed by atoms with Gasteiger partial charge in [0.15, 0.2) is 0 Å². The van der Waals surface area contributed by atoms with Gasteiger partial charge in [0.05, 0.1) is 13.2 Å². The number of fused-ring (bicyclic) bond motifs is 2. The number of hydrogen-bond donors (Lipinski definition) is 0. The van der Waals surface area contributed by atoms with Gasteiger partial charge in [0, 0.05) is 21.9 Å². The molecular weight excluding hydrogens is 272 g/mol. The summed E-state index contributed by atoms with van der Waals surface area (Å²) in [6, 6.07) is 8.46. The molecule has 0 heterocycles. The first-order valence-corrected chi connectivity index (χ1v) is 8.33. The highest BCUT2D eigenvalue weighted by Crippen LogP contribution is 2.43. The van der Waals surface area contributed by atoms with Crippen LogP contribution in [0.25, 0.3) is 10.8 Å². The van der Waals surface area contributed by atoms with Crippen LogP contribution in [0.15, 0.2) is 36.4 Å². The minimum atomic E-state index is 0.759. The van der Waals surface area contributed by atoms with E-state index < -0.39 is 0 Å². The van der Waals surface area contributed by atoms with E-state index in [4.69, 9.17) is 9.47 Å². The molecule has 2 heteroatoms. The van der Waals surface area contributed by atoms with E-state index in [0.717, 1.165) is 50.4 Å². The van der Waals surface area contributed by atoms with Crippen LogP contribution in [0.3, 0.4) is 0 Å². The third-order valence-electron chi connectivity index (χ3n) is 4.04. The molecule has 0 aliphatic heterocycles. The first-order valence-electron chi connectivity index (χ1n) is 8.33. The number of hydrogen-bond acceptors (Lipinski definition) is 2. The van der Waals surface area contributed by atoms with Gasteiger partial charge in [0.25, 0.3) is 0 Å². The average molecular weight is 296 g/mol. The molecule has 0 saturated heterocycles. The van der Waals surface area contributed by atoms with Gasteiger partial charge in [-0.1, -0.05) is 50.3 Å². The molecule has 0 saturated carbocycles. The van der Waals surface area contributed by atoms with Crippen molar-refractivity contribution in [3.63, 3.8) is 0 Å². The highest BCUT2D eigenvalue weighted by Gasteiger charge is 2.21. The average Bonchev–Trinajstić information content (AvgIpc) is 2.58. The van der Waals surface area contributed by atoms with Crippen LogP contribution in [0.5, 0.6) is 11.5 Å². The topological polar surface area (TPSA) is 18.5 Å². The lowest BCUT2D eigenvalue weighted by Crippen LogP contribution is -2.09. The molecule has 0 amide bonds. The molecule has 0 unspecified atom stereocenters. The van der Waals surface area contributed by atoms with Crippen molar-refractivity contribution in [2.75, 3.05) is 13.2 Å². The van der Waals surface area contributed by atoms with Crippen molar-refractivity contribution in [2.24, 2.45) is 0 Å². The first-order chi connectivity index (χ1) is 10.9. The van der Waals surface area contributed by atoms with Crippen LogP contribution in [0.2, 0.25) is 0 Å². The van der Waals surface area contributed by atoms with Gasteiger partial charge in [-0.05, 0) is 25.7 Å². The Bertz CT molecular complexity index is 627. The predicted octanol–water partition coefficient (Wildman–Crippen LogP) is 5.07. The Hall–Kier alpha value is -1.96. The summed E-state index contributed by atoms with van der Waals surface area (Å²) in [5, 5.41) is 2.35. The van der Waals surface area contributed by atoms with Gasteiger partial charge in [0.1, 0.15) is 11.5 Å². The lowest BCUT2D eigenvalue weighted by molar-refractivity contribution is 0.309. The molecule has 2 nitrogen and oxygen atoms in total. The standard InChI is InChI=1S/C20H24O2/c1-3-13-21-19-15-9-5-7-11-17(15)20(22-14-4-2)18-12-8-6-10-16(18)19/h5-9,11H,3-4,10,12-14H2,1-2H3. The molecular formula is C20H24O2. The molecule has 0 radical (unpaired) electrons. The molecule has 1 aliphatic rings. The Morgan fingerprint density at radius 1 is 0.773 bits per heavy atom. The molecule has 0 aromatic heterocycles. The summed E-state index contributed by atoms with van der Waals surface area (Å²) in [4.78, 5) is 0. The van der Waals surface area contributed by atoms with Crippen molar-refractivity contribution in [3.8, 4) is 11.5 Å². The van der Waals surface area contributed by atoms with Gasteiger partial charge in [-0.3, -0.25) is 0 Å². The van der Waals surface area contributed by atoms with Gasteiger partial charge in [0.2, 0.25) is 0 Å². The highest BCUT2D eigenvalue weighted by atomic mass is 16.5. The van der Waals surface area contributed by atoms with Gasteiger partial charge in [-0.25, -0.2) is 0 Å². The van der Waals surface area contributed by atoms with Gasteiger partial charge in [-0.15, -0.1) is 0 Å². The van der Waals surface area contributed by atoms with E-state index in [2.05, 4.69) is 50.3 Å². The van der Waals surface area contributed by atoms with Gasteiger partial charge < -0.3 is 9.47 Å². The fraction of sp³-hybridized carbons (Fsp3) is 0.400. The van der Waals surface area contributed by atoms with E-state index in [9.17, 15) is 0 Å². The maximum Gasteiger partial charge on any atom is 0.131 e. The normalized spacial score (nSPS) is 13.2. The van der Waals surface area contributed by atoms with Crippen LogP contribution >= 0.6 is 0 Å². The summed E-state index contributed by atoms with van der Waals surface area (Å²) < 4.78 is 12.3. The summed E-state index contributed by atoms with van der Waals surface area (Å²) >= 11 is 0. The lowest BCUT2D eigenvalue weighted by atomic mass is 9.90. The Kier molecular flexibility index (Phi) is 4.67. The van der Waals surface area contributed by atoms with Crippen LogP contribution < -0.4 is 9.47 Å². The second kappa shape index (κ2) is 6.87. The lowest BCUT2D eigenvalue weighted by Gasteiger charge is -2.23. The minimum absolute atomic E-state index is 0.759. The summed E-state index contributed by atoms with van der Waals surface area (Å²) in [6.07, 6.45) is 8.38. The summed E-state index contributed by atoms with van der Waals surface area (Å²) in [7, 11) is 0. The SMILES string of the molecule is CCCOc1c2c(c(OCCC)c3ccccc13)CC=CC2. The van der Waals surface area contributed by atoms with Gasteiger partial charge >= 0.3 is 0 Å². The second-order valence-electron chi connectivity index (χ2n) is 5.74. The van der Waals surface area contributed by atoms with Crippen LogP contribution in [0, 0.1) is 0 Å². The number of ether oxygens (including phenoxy) is 2. The zero-order valence-electron chi connectivity index (χ0n) is 13.5. The first kappa shape index (κ1) is 15.0. The third-order valence-corrected chi connectivity index (χ3v) is 4.04. The summed E-state index contributed by atoms with van der Waals surface area (Å²) in [5.41, 5.74) is 2.61. The molecule has 2 aromatic carbocycles. The van der Waals surface area contributed by atoms with Crippen LogP contribution in [0.4, 0.5) is 0 Å². The molecule has 116 valence electrons. The second-order valence-corrected chi connectivity index (χ2v) is 5.74. The molecule has 0 N–H and O–H groups in total. The van der Waals surface area contributed by atoms with E-state index in [1.54, 1.807) is 0 Å². The maximum atomic E-state index is 6.14. The molecule has 0 bridgehead atoms. The minimum Gasteiger partial charge on any atom is -0.493 e. The predicted molar refractivity (Wildman–Crippen MR) is 92.1 cm³/mol. The molecule has 1 aliphatic carbocycles. The van der Waals surface area contributed by atoms with Gasteiger partial charge in [-0.2, -0.15) is 0 Å². The molecule has 0 atom stereocenters. The van der Waals surface area contributed by atoms with Crippen molar-refractivity contribution < 1.29 is 9.47 Å². The van der Waals surface area contributed by atoms with Crippen molar-refractivity contribution >= 4 is 10.8 Å². The quantitative estimate of drug-likeness (QED) is 0.693. The van der Waals surface area contributed by atoms with Crippen molar-refractivity contribution in [1.29, 1.82) is 0 Å². The monoisotopic (exact) mass is 296 g/mol. The fourth-order valence-electron chi connectivity index (χ4n) is 3.05. The Morgan fingerprint density at radius 2 is 1.23 bits per heavy atom. The van der Waals surface area contributed by atoms with Crippen molar-refractivity contribution in [2.45, 2.75) is 39.5 Å². The van der Waals surface area contributed by atoms with Crippen molar-refractivity contribution in [3.05, 3.63) is 47.5 Å². The molecule has 2 aromatic rings. The van der Waals surface area contributed by atoms with Crippen LogP contribution in [0.1, 0.15) is 37.8 Å². The number of rotatable bonds is 6. The summed E-state index contributed by atoms with van der Waals surface area (Å²) in [6.45, 7) is 5.81. The molecule has 0 spiro atoms. The number of allylic oxidation sites excluding steroid dienone is 2. The summed E-state index contributed by atoms with van der Waals surface area (Å²) in [5.74, 6) is 2.11. The van der Waals surface area contributed by atoms with Crippen LogP contribution in [-0.4, -0.2) is 13.2 Å². The highest BCUT2D eigenvalue weighted by molar-refractivity contribution is 5.96. The zero-order valence-corrected chi connectivity index (χ0v) is 13.5. The van der Waals surface area contributed by atoms with E-state index in [0.29, 0.717) is 0 Å². The van der Waals surface area contributed by atoms with E-state index in [1.807, 2.05) is 0 Å².